The van der Waals surface area contributed by atoms with Crippen LogP contribution in [-0.4, -0.2) is 40.5 Å². The van der Waals surface area contributed by atoms with Gasteiger partial charge in [0.05, 0.1) is 0 Å². The molecule has 6 nitrogen and oxygen atoms in total. The van der Waals surface area contributed by atoms with E-state index < -0.39 is 17.6 Å². The van der Waals surface area contributed by atoms with Gasteiger partial charge in [-0.3, -0.25) is 9.59 Å². The Kier molecular flexibility index (Phi) is 7.78. The molecule has 8 heteroatoms. The molecular weight excluding hydrogens is 456 g/mol. The standard InChI is InChI=1S/C27H29F2NO5/c28-22-5-8-25(29)21(14-22)15-23(31)12-18-1-4-20-16-30(10-9-19(20)11-18)27(34)35-24-6-2-17(3-7-24)13-26(32)33/h1,4-5,8,11,14,17,24H,2-3,6-7,9-10,12-13,15-16H2,(H,32,33). The summed E-state index contributed by atoms with van der Waals surface area (Å²) in [6, 6.07) is 8.78. The first-order chi connectivity index (χ1) is 16.8. The molecule has 186 valence electrons. The summed E-state index contributed by atoms with van der Waals surface area (Å²) < 4.78 is 32.9. The lowest BCUT2D eigenvalue weighted by Crippen LogP contribution is -2.39. The maximum atomic E-state index is 13.8. The first kappa shape index (κ1) is 24.8. The molecule has 35 heavy (non-hydrogen) atoms. The van der Waals surface area contributed by atoms with Gasteiger partial charge in [0.15, 0.2) is 0 Å². The molecule has 2 aliphatic rings. The van der Waals surface area contributed by atoms with Gasteiger partial charge in [0.1, 0.15) is 23.5 Å². The molecule has 1 aliphatic carbocycles. The zero-order valence-electron chi connectivity index (χ0n) is 19.5. The van der Waals surface area contributed by atoms with Crippen LogP contribution in [0.2, 0.25) is 0 Å². The Morgan fingerprint density at radius 1 is 0.971 bits per heavy atom. The van der Waals surface area contributed by atoms with Crippen LogP contribution in [0.15, 0.2) is 36.4 Å². The molecule has 1 aliphatic heterocycles. The summed E-state index contributed by atoms with van der Waals surface area (Å²) >= 11 is 0. The highest BCUT2D eigenvalue weighted by Crippen LogP contribution is 2.29. The van der Waals surface area contributed by atoms with Crippen LogP contribution < -0.4 is 0 Å². The molecule has 2 aromatic carbocycles. The fourth-order valence-electron chi connectivity index (χ4n) is 4.97. The van der Waals surface area contributed by atoms with Crippen LogP contribution in [-0.2, 0) is 40.1 Å². The van der Waals surface area contributed by atoms with Crippen molar-refractivity contribution in [3.8, 4) is 0 Å². The van der Waals surface area contributed by atoms with Gasteiger partial charge in [-0.1, -0.05) is 18.2 Å². The van der Waals surface area contributed by atoms with Gasteiger partial charge >= 0.3 is 12.1 Å². The molecule has 1 fully saturated rings. The quantitative estimate of drug-likeness (QED) is 0.606. The molecule has 0 unspecified atom stereocenters. The van der Waals surface area contributed by atoms with E-state index in [1.165, 1.54) is 0 Å². The van der Waals surface area contributed by atoms with E-state index in [-0.39, 0.29) is 48.7 Å². The number of ether oxygens (including phenoxy) is 1. The van der Waals surface area contributed by atoms with Crippen molar-refractivity contribution in [3.05, 3.63) is 70.3 Å². The lowest BCUT2D eigenvalue weighted by atomic mass is 9.85. The van der Waals surface area contributed by atoms with Crippen LogP contribution in [0, 0.1) is 17.6 Å². The maximum Gasteiger partial charge on any atom is 0.410 e. The van der Waals surface area contributed by atoms with Crippen molar-refractivity contribution < 1.29 is 33.0 Å². The number of amides is 1. The molecule has 4 rings (SSSR count). The van der Waals surface area contributed by atoms with E-state index in [1.807, 2.05) is 18.2 Å². The van der Waals surface area contributed by atoms with E-state index in [0.717, 1.165) is 47.7 Å². The minimum absolute atomic E-state index is 0.0532. The highest BCUT2D eigenvalue weighted by Gasteiger charge is 2.28. The van der Waals surface area contributed by atoms with Crippen molar-refractivity contribution in [2.45, 2.75) is 64.0 Å². The van der Waals surface area contributed by atoms with Gasteiger partial charge in [0.2, 0.25) is 0 Å². The minimum Gasteiger partial charge on any atom is -0.481 e. The van der Waals surface area contributed by atoms with E-state index in [0.29, 0.717) is 32.4 Å². The average molecular weight is 486 g/mol. The number of Topliss-reactive ketones (excluding diaryl/α,β-unsaturated/α-hetero) is 1. The molecule has 1 saturated carbocycles. The Morgan fingerprint density at radius 3 is 2.49 bits per heavy atom. The van der Waals surface area contributed by atoms with Gasteiger partial charge < -0.3 is 14.7 Å². The molecule has 1 heterocycles. The molecule has 1 amide bonds. The van der Waals surface area contributed by atoms with E-state index in [1.54, 1.807) is 4.90 Å². The molecular formula is C27H29F2NO5. The second-order valence-corrected chi connectivity index (χ2v) is 9.53. The zero-order valence-corrected chi connectivity index (χ0v) is 19.5. The van der Waals surface area contributed by atoms with Crippen molar-refractivity contribution >= 4 is 17.8 Å². The summed E-state index contributed by atoms with van der Waals surface area (Å²) in [4.78, 5) is 37.6. The number of carboxylic acids is 1. The highest BCUT2D eigenvalue weighted by atomic mass is 19.1. The smallest absolute Gasteiger partial charge is 0.410 e. The Balaban J connectivity index is 1.28. The van der Waals surface area contributed by atoms with Crippen molar-refractivity contribution in [3.63, 3.8) is 0 Å². The Labute approximate surface area is 202 Å². The lowest BCUT2D eigenvalue weighted by molar-refractivity contribution is -0.138. The van der Waals surface area contributed by atoms with Crippen molar-refractivity contribution in [1.82, 2.24) is 4.90 Å². The summed E-state index contributed by atoms with van der Waals surface area (Å²) in [5, 5.41) is 8.93. The number of rotatable bonds is 7. The van der Waals surface area contributed by atoms with Crippen molar-refractivity contribution in [2.75, 3.05) is 6.54 Å². The van der Waals surface area contributed by atoms with Crippen LogP contribution >= 0.6 is 0 Å². The first-order valence-corrected chi connectivity index (χ1v) is 12.0. The van der Waals surface area contributed by atoms with E-state index in [4.69, 9.17) is 9.84 Å². The number of hydrogen-bond donors (Lipinski definition) is 1. The second kappa shape index (κ2) is 11.0. The minimum atomic E-state index is -0.787. The normalized spacial score (nSPS) is 19.7. The third-order valence-corrected chi connectivity index (χ3v) is 6.86. The van der Waals surface area contributed by atoms with E-state index in [9.17, 15) is 23.2 Å². The predicted octanol–water partition coefficient (Wildman–Crippen LogP) is 4.85. The lowest BCUT2D eigenvalue weighted by Gasteiger charge is -2.32. The van der Waals surface area contributed by atoms with Gasteiger partial charge in [-0.15, -0.1) is 0 Å². The number of halogens is 2. The monoisotopic (exact) mass is 485 g/mol. The fraction of sp³-hybridized carbons (Fsp3) is 0.444. The van der Waals surface area contributed by atoms with Crippen LogP contribution in [0.25, 0.3) is 0 Å². The predicted molar refractivity (Wildman–Crippen MR) is 124 cm³/mol. The van der Waals surface area contributed by atoms with Crippen LogP contribution in [0.3, 0.4) is 0 Å². The number of benzene rings is 2. The summed E-state index contributed by atoms with van der Waals surface area (Å²) in [6.07, 6.45) is 3.10. The number of ketones is 1. The number of nitrogens with zero attached hydrogens (tertiary/aromatic N) is 1. The SMILES string of the molecule is O=C(O)CC1CCC(OC(=O)N2CCc3cc(CC(=O)Cc4cc(F)ccc4F)ccc3C2)CC1. The van der Waals surface area contributed by atoms with Crippen LogP contribution in [0.4, 0.5) is 13.6 Å². The molecule has 0 saturated heterocycles. The van der Waals surface area contributed by atoms with Gasteiger partial charge in [0, 0.05) is 32.4 Å². The van der Waals surface area contributed by atoms with Crippen LogP contribution in [0.1, 0.15) is 54.4 Å². The summed E-state index contributed by atoms with van der Waals surface area (Å²) in [7, 11) is 0. The van der Waals surface area contributed by atoms with Gasteiger partial charge in [-0.05, 0) is 78.5 Å². The van der Waals surface area contributed by atoms with Gasteiger partial charge in [0.25, 0.3) is 0 Å². The highest BCUT2D eigenvalue weighted by molar-refractivity contribution is 5.83. The molecule has 0 radical (unpaired) electrons. The molecule has 0 bridgehead atoms. The van der Waals surface area contributed by atoms with E-state index in [2.05, 4.69) is 0 Å². The second-order valence-electron chi connectivity index (χ2n) is 9.53. The summed E-state index contributed by atoms with van der Waals surface area (Å²) in [5.74, 6) is -2.00. The van der Waals surface area contributed by atoms with E-state index >= 15 is 0 Å². The van der Waals surface area contributed by atoms with Crippen molar-refractivity contribution in [1.29, 1.82) is 0 Å². The number of hydrogen-bond acceptors (Lipinski definition) is 4. The molecule has 0 spiro atoms. The Bertz CT molecular complexity index is 1110. The Morgan fingerprint density at radius 2 is 1.74 bits per heavy atom. The van der Waals surface area contributed by atoms with Gasteiger partial charge in [-0.25, -0.2) is 13.6 Å². The molecule has 0 aromatic heterocycles. The molecule has 1 N–H and O–H groups in total. The fourth-order valence-corrected chi connectivity index (χ4v) is 4.97. The molecule has 0 atom stereocenters. The maximum absolute atomic E-state index is 13.8. The number of carbonyl (C=O) groups excluding carboxylic acids is 2. The Hall–Kier alpha value is -3.29. The molecule has 2 aromatic rings. The first-order valence-electron chi connectivity index (χ1n) is 12.0. The summed E-state index contributed by atoms with van der Waals surface area (Å²) in [6.45, 7) is 0.928. The topological polar surface area (TPSA) is 83.9 Å². The van der Waals surface area contributed by atoms with Crippen LogP contribution in [0.5, 0.6) is 0 Å². The number of carbonyl (C=O) groups is 3. The summed E-state index contributed by atoms with van der Waals surface area (Å²) in [5.41, 5.74) is 2.91. The third kappa shape index (κ3) is 6.65. The number of aliphatic carboxylic acids is 1. The van der Waals surface area contributed by atoms with Crippen molar-refractivity contribution in [2.24, 2.45) is 5.92 Å². The number of carboxylic acid groups (broad SMARTS) is 1. The average Bonchev–Trinajstić information content (AvgIpc) is 2.82. The van der Waals surface area contributed by atoms with Gasteiger partial charge in [-0.2, -0.15) is 0 Å². The third-order valence-electron chi connectivity index (χ3n) is 6.86. The largest absolute Gasteiger partial charge is 0.481 e. The number of fused-ring (bicyclic) bond motifs is 1. The zero-order chi connectivity index (χ0) is 24.9.